The van der Waals surface area contributed by atoms with Crippen molar-refractivity contribution in [1.29, 1.82) is 0 Å². The van der Waals surface area contributed by atoms with E-state index in [4.69, 9.17) is 16.3 Å². The molecule has 1 aliphatic carbocycles. The number of rotatable bonds is 5. The Morgan fingerprint density at radius 3 is 2.52 bits per heavy atom. The Kier molecular flexibility index (Phi) is 5.83. The number of carbonyl (C=O) groups is 2. The number of hydrogen-bond acceptors (Lipinski definition) is 4. The lowest BCUT2D eigenvalue weighted by atomic mass is 9.74. The summed E-state index contributed by atoms with van der Waals surface area (Å²) in [6.07, 6.45) is 4.21. The first kappa shape index (κ1) is 21.1. The van der Waals surface area contributed by atoms with Gasteiger partial charge in [0.1, 0.15) is 5.54 Å². The molecule has 160 valence electrons. The highest BCUT2D eigenvalue weighted by Gasteiger charge is 2.48. The first-order valence-corrected chi connectivity index (χ1v) is 10.6. The SMILES string of the molecule is COc1cn(-c2ccccc2)nc1C(=O)N(C)C1(c2ccccc2Cl)CCCCC1=O. The predicted molar refractivity (Wildman–Crippen MR) is 119 cm³/mol. The molecule has 7 heteroatoms. The van der Waals surface area contributed by atoms with E-state index in [1.807, 2.05) is 48.5 Å². The van der Waals surface area contributed by atoms with Crippen molar-refractivity contribution in [2.75, 3.05) is 14.2 Å². The van der Waals surface area contributed by atoms with E-state index in [2.05, 4.69) is 5.10 Å². The molecule has 1 aliphatic rings. The number of nitrogens with zero attached hydrogens (tertiary/aromatic N) is 3. The highest BCUT2D eigenvalue weighted by Crippen LogP contribution is 2.43. The molecule has 0 bridgehead atoms. The van der Waals surface area contributed by atoms with Crippen LogP contribution in [-0.4, -0.2) is 40.5 Å². The van der Waals surface area contributed by atoms with Crippen LogP contribution in [0.15, 0.2) is 60.8 Å². The van der Waals surface area contributed by atoms with Gasteiger partial charge in [0.15, 0.2) is 17.2 Å². The van der Waals surface area contributed by atoms with Crippen LogP contribution in [-0.2, 0) is 10.3 Å². The molecule has 6 nitrogen and oxygen atoms in total. The van der Waals surface area contributed by atoms with Crippen molar-refractivity contribution in [3.63, 3.8) is 0 Å². The molecule has 1 heterocycles. The zero-order valence-corrected chi connectivity index (χ0v) is 18.3. The second kappa shape index (κ2) is 8.55. The van der Waals surface area contributed by atoms with Crippen LogP contribution in [0.2, 0.25) is 5.02 Å². The molecule has 0 aliphatic heterocycles. The molecule has 1 unspecified atom stereocenters. The van der Waals surface area contributed by atoms with Gasteiger partial charge < -0.3 is 9.64 Å². The first-order valence-electron chi connectivity index (χ1n) is 10.2. The fourth-order valence-electron chi connectivity index (χ4n) is 4.33. The molecular formula is C24H24ClN3O3. The minimum atomic E-state index is -1.13. The average Bonchev–Trinajstić information content (AvgIpc) is 3.24. The Morgan fingerprint density at radius 2 is 1.84 bits per heavy atom. The molecule has 1 fully saturated rings. The van der Waals surface area contributed by atoms with Crippen LogP contribution in [0, 0.1) is 0 Å². The van der Waals surface area contributed by atoms with Gasteiger partial charge in [-0.2, -0.15) is 5.10 Å². The number of aromatic nitrogens is 2. The second-order valence-electron chi connectivity index (χ2n) is 7.66. The number of para-hydroxylation sites is 1. The fraction of sp³-hybridized carbons (Fsp3) is 0.292. The number of ether oxygens (including phenoxy) is 1. The Bertz CT molecular complexity index is 1110. The van der Waals surface area contributed by atoms with Crippen LogP contribution >= 0.6 is 11.6 Å². The number of carbonyl (C=O) groups excluding carboxylic acids is 2. The van der Waals surface area contributed by atoms with E-state index >= 15 is 0 Å². The van der Waals surface area contributed by atoms with Crippen molar-refractivity contribution in [2.24, 2.45) is 0 Å². The van der Waals surface area contributed by atoms with Gasteiger partial charge in [-0.05, 0) is 37.5 Å². The standard InChI is InChI=1S/C24H24ClN3O3/c1-27(24(15-9-8-14-21(24)29)18-12-6-7-13-19(18)25)23(30)22-20(31-2)16-28(26-22)17-10-4-3-5-11-17/h3-7,10-13,16H,8-9,14-15H2,1-2H3. The van der Waals surface area contributed by atoms with Crippen molar-refractivity contribution < 1.29 is 14.3 Å². The third-order valence-corrected chi connectivity index (χ3v) is 6.30. The number of hydrogen-bond donors (Lipinski definition) is 0. The van der Waals surface area contributed by atoms with E-state index < -0.39 is 5.54 Å². The summed E-state index contributed by atoms with van der Waals surface area (Å²) >= 11 is 6.52. The third kappa shape index (κ3) is 3.61. The summed E-state index contributed by atoms with van der Waals surface area (Å²) in [5.41, 5.74) is 0.476. The predicted octanol–water partition coefficient (Wildman–Crippen LogP) is 4.64. The number of benzene rings is 2. The number of Topliss-reactive ketones (excluding diaryl/α,β-unsaturated/α-hetero) is 1. The number of halogens is 1. The quantitative estimate of drug-likeness (QED) is 0.583. The highest BCUT2D eigenvalue weighted by atomic mass is 35.5. The summed E-state index contributed by atoms with van der Waals surface area (Å²) in [6, 6.07) is 16.7. The minimum absolute atomic E-state index is 0.0100. The number of likely N-dealkylation sites (N-methyl/N-ethyl adjacent to an activating group) is 1. The summed E-state index contributed by atoms with van der Waals surface area (Å²) in [7, 11) is 3.15. The van der Waals surface area contributed by atoms with Crippen molar-refractivity contribution in [3.8, 4) is 11.4 Å². The molecule has 1 saturated carbocycles. The lowest BCUT2D eigenvalue weighted by Crippen LogP contribution is -2.54. The van der Waals surface area contributed by atoms with Crippen molar-refractivity contribution in [3.05, 3.63) is 77.1 Å². The summed E-state index contributed by atoms with van der Waals surface area (Å²) in [6.45, 7) is 0. The van der Waals surface area contributed by atoms with E-state index in [-0.39, 0.29) is 17.4 Å². The molecule has 0 saturated heterocycles. The van der Waals surface area contributed by atoms with Gasteiger partial charge in [-0.3, -0.25) is 9.59 Å². The van der Waals surface area contributed by atoms with E-state index in [9.17, 15) is 9.59 Å². The van der Waals surface area contributed by atoms with Gasteiger partial charge in [-0.25, -0.2) is 4.68 Å². The average molecular weight is 438 g/mol. The Hall–Kier alpha value is -3.12. The normalized spacial score (nSPS) is 18.6. The highest BCUT2D eigenvalue weighted by molar-refractivity contribution is 6.31. The van der Waals surface area contributed by atoms with Crippen LogP contribution in [0.3, 0.4) is 0 Å². The molecule has 2 aromatic carbocycles. The zero-order chi connectivity index (χ0) is 22.0. The van der Waals surface area contributed by atoms with Crippen LogP contribution < -0.4 is 4.74 Å². The Morgan fingerprint density at radius 1 is 1.13 bits per heavy atom. The van der Waals surface area contributed by atoms with Crippen LogP contribution in [0.5, 0.6) is 5.75 Å². The summed E-state index contributed by atoms with van der Waals surface area (Å²) in [5.74, 6) is -0.0517. The first-order chi connectivity index (χ1) is 15.0. The summed E-state index contributed by atoms with van der Waals surface area (Å²) in [4.78, 5) is 28.5. The molecule has 1 aromatic heterocycles. The number of ketones is 1. The smallest absolute Gasteiger partial charge is 0.279 e. The number of methoxy groups -OCH3 is 1. The second-order valence-corrected chi connectivity index (χ2v) is 8.07. The van der Waals surface area contributed by atoms with Gasteiger partial charge in [-0.1, -0.05) is 48.0 Å². The largest absolute Gasteiger partial charge is 0.493 e. The van der Waals surface area contributed by atoms with Gasteiger partial charge in [0.05, 0.1) is 19.0 Å². The molecule has 0 spiro atoms. The molecule has 0 radical (unpaired) electrons. The monoisotopic (exact) mass is 437 g/mol. The molecule has 31 heavy (non-hydrogen) atoms. The Balaban J connectivity index is 1.79. The van der Waals surface area contributed by atoms with E-state index in [1.165, 1.54) is 12.0 Å². The van der Waals surface area contributed by atoms with Gasteiger partial charge in [0.2, 0.25) is 0 Å². The maximum Gasteiger partial charge on any atom is 0.279 e. The topological polar surface area (TPSA) is 64.4 Å². The van der Waals surface area contributed by atoms with Crippen LogP contribution in [0.25, 0.3) is 5.69 Å². The van der Waals surface area contributed by atoms with Gasteiger partial charge in [0.25, 0.3) is 5.91 Å². The molecule has 1 atom stereocenters. The Labute approximate surface area is 186 Å². The minimum Gasteiger partial charge on any atom is -0.493 e. The van der Waals surface area contributed by atoms with E-state index in [0.29, 0.717) is 29.2 Å². The van der Waals surface area contributed by atoms with Crippen LogP contribution in [0.4, 0.5) is 0 Å². The maximum atomic E-state index is 13.7. The van der Waals surface area contributed by atoms with Crippen molar-refractivity contribution in [1.82, 2.24) is 14.7 Å². The van der Waals surface area contributed by atoms with Crippen molar-refractivity contribution in [2.45, 2.75) is 31.2 Å². The lowest BCUT2D eigenvalue weighted by molar-refractivity contribution is -0.132. The van der Waals surface area contributed by atoms with E-state index in [0.717, 1.165) is 18.5 Å². The lowest BCUT2D eigenvalue weighted by Gasteiger charge is -2.43. The van der Waals surface area contributed by atoms with Gasteiger partial charge in [0, 0.05) is 24.1 Å². The molecule has 1 amide bonds. The fourth-order valence-corrected chi connectivity index (χ4v) is 4.62. The summed E-state index contributed by atoms with van der Waals surface area (Å²) in [5, 5.41) is 4.97. The molecule has 4 rings (SSSR count). The van der Waals surface area contributed by atoms with E-state index in [1.54, 1.807) is 24.0 Å². The molecular weight excluding hydrogens is 414 g/mol. The molecule has 0 N–H and O–H groups in total. The summed E-state index contributed by atoms with van der Waals surface area (Å²) < 4.78 is 7.06. The maximum absolute atomic E-state index is 13.7. The van der Waals surface area contributed by atoms with Crippen LogP contribution in [0.1, 0.15) is 41.7 Å². The molecule has 3 aromatic rings. The zero-order valence-electron chi connectivity index (χ0n) is 17.5. The third-order valence-electron chi connectivity index (χ3n) is 5.97. The van der Waals surface area contributed by atoms with Gasteiger partial charge in [-0.15, -0.1) is 0 Å². The van der Waals surface area contributed by atoms with Gasteiger partial charge >= 0.3 is 0 Å². The number of amides is 1. The van der Waals surface area contributed by atoms with Crippen molar-refractivity contribution >= 4 is 23.3 Å².